The van der Waals surface area contributed by atoms with Gasteiger partial charge in [0.05, 0.1) is 19.8 Å². The lowest BCUT2D eigenvalue weighted by atomic mass is 10.1. The Morgan fingerprint density at radius 3 is 1.81 bits per heavy atom. The van der Waals surface area contributed by atoms with Gasteiger partial charge in [0.15, 0.2) is 17.6 Å². The average molecular weight is 434 g/mol. The number of hydrogen-bond acceptors (Lipinski definition) is 5. The van der Waals surface area contributed by atoms with Gasteiger partial charge >= 0.3 is 5.97 Å². The molecule has 0 aromatic heterocycles. The lowest BCUT2D eigenvalue weighted by Crippen LogP contribution is -2.39. The Morgan fingerprint density at radius 2 is 1.31 bits per heavy atom. The van der Waals surface area contributed by atoms with Crippen LogP contribution in [0.2, 0.25) is 0 Å². The first-order valence-corrected chi connectivity index (χ1v) is 10.3. The number of carbonyl (C=O) groups excluding carboxylic acids is 2. The van der Waals surface area contributed by atoms with Crippen LogP contribution in [-0.4, -0.2) is 37.1 Å². The molecule has 1 atom stereocenters. The summed E-state index contributed by atoms with van der Waals surface area (Å²) in [5, 5.41) is 0. The van der Waals surface area contributed by atoms with E-state index in [-0.39, 0.29) is 11.5 Å². The average Bonchev–Trinajstić information content (AvgIpc) is 2.83. The van der Waals surface area contributed by atoms with Crippen LogP contribution in [0.4, 0.5) is 0 Å². The van der Waals surface area contributed by atoms with E-state index in [4.69, 9.17) is 14.2 Å². The molecule has 0 saturated carbocycles. The minimum absolute atomic E-state index is 0.272. The molecular weight excluding hydrogens is 406 g/mol. The number of rotatable bonds is 9. The largest absolute Gasteiger partial charge is 0.493 e. The van der Waals surface area contributed by atoms with Gasteiger partial charge in [-0.1, -0.05) is 60.7 Å². The molecule has 0 fully saturated rings. The van der Waals surface area contributed by atoms with E-state index in [0.29, 0.717) is 24.6 Å². The Labute approximate surface area is 188 Å². The molecule has 0 aliphatic heterocycles. The molecule has 32 heavy (non-hydrogen) atoms. The molecule has 0 heterocycles. The second-order valence-electron chi connectivity index (χ2n) is 7.28. The SMILES string of the molecule is COc1ccc(C(=O)OC(C)C(=O)N(Cc2ccccc2)Cc2ccccc2)cc1OC. The van der Waals surface area contributed by atoms with Gasteiger partial charge in [0.2, 0.25) is 0 Å². The Balaban J connectivity index is 1.75. The fourth-order valence-corrected chi connectivity index (χ4v) is 3.32. The minimum atomic E-state index is -0.956. The third-order valence-corrected chi connectivity index (χ3v) is 5.00. The van der Waals surface area contributed by atoms with Crippen LogP contribution in [0.1, 0.15) is 28.4 Å². The number of carbonyl (C=O) groups is 2. The lowest BCUT2D eigenvalue weighted by Gasteiger charge is -2.26. The maximum atomic E-state index is 13.2. The maximum Gasteiger partial charge on any atom is 0.339 e. The molecule has 6 nitrogen and oxygen atoms in total. The van der Waals surface area contributed by atoms with Crippen molar-refractivity contribution in [3.8, 4) is 11.5 Å². The van der Waals surface area contributed by atoms with Gasteiger partial charge in [0.1, 0.15) is 0 Å². The first kappa shape index (κ1) is 22.9. The monoisotopic (exact) mass is 433 g/mol. The first-order chi connectivity index (χ1) is 15.5. The van der Waals surface area contributed by atoms with Crippen LogP contribution in [0.3, 0.4) is 0 Å². The van der Waals surface area contributed by atoms with E-state index in [1.165, 1.54) is 20.3 Å². The summed E-state index contributed by atoms with van der Waals surface area (Å²) >= 11 is 0. The van der Waals surface area contributed by atoms with Crippen molar-refractivity contribution in [1.29, 1.82) is 0 Å². The predicted molar refractivity (Wildman–Crippen MR) is 122 cm³/mol. The summed E-state index contributed by atoms with van der Waals surface area (Å²) in [6, 6.07) is 24.2. The third-order valence-electron chi connectivity index (χ3n) is 5.00. The van der Waals surface area contributed by atoms with Gasteiger partial charge in [-0.3, -0.25) is 4.79 Å². The molecule has 3 aromatic rings. The molecule has 166 valence electrons. The molecule has 1 unspecified atom stereocenters. The standard InChI is InChI=1S/C26H27NO5/c1-19(32-26(29)22-14-15-23(30-2)24(16-22)31-3)25(28)27(17-20-10-6-4-7-11-20)18-21-12-8-5-9-13-21/h4-16,19H,17-18H2,1-3H3. The molecule has 0 N–H and O–H groups in total. The fraction of sp³-hybridized carbons (Fsp3) is 0.231. The smallest absolute Gasteiger partial charge is 0.339 e. The summed E-state index contributed by atoms with van der Waals surface area (Å²) in [5.41, 5.74) is 2.27. The fourth-order valence-electron chi connectivity index (χ4n) is 3.32. The number of nitrogens with zero attached hydrogens (tertiary/aromatic N) is 1. The highest BCUT2D eigenvalue weighted by atomic mass is 16.5. The second-order valence-corrected chi connectivity index (χ2v) is 7.28. The zero-order valence-corrected chi connectivity index (χ0v) is 18.5. The lowest BCUT2D eigenvalue weighted by molar-refractivity contribution is -0.141. The number of amides is 1. The number of benzene rings is 3. The van der Waals surface area contributed by atoms with Gasteiger partial charge in [-0.15, -0.1) is 0 Å². The zero-order valence-electron chi connectivity index (χ0n) is 18.5. The second kappa shape index (κ2) is 11.0. The number of esters is 1. The van der Waals surface area contributed by atoms with Gasteiger partial charge in [0.25, 0.3) is 5.91 Å². The van der Waals surface area contributed by atoms with E-state index in [0.717, 1.165) is 11.1 Å². The van der Waals surface area contributed by atoms with Crippen LogP contribution in [-0.2, 0) is 22.6 Å². The summed E-state index contributed by atoms with van der Waals surface area (Å²) < 4.78 is 15.9. The van der Waals surface area contributed by atoms with Crippen molar-refractivity contribution in [2.24, 2.45) is 0 Å². The molecule has 6 heteroatoms. The van der Waals surface area contributed by atoms with Crippen molar-refractivity contribution in [1.82, 2.24) is 4.90 Å². The van der Waals surface area contributed by atoms with Gasteiger partial charge in [-0.2, -0.15) is 0 Å². The summed E-state index contributed by atoms with van der Waals surface area (Å²) in [4.78, 5) is 27.6. The maximum absolute atomic E-state index is 13.2. The van der Waals surface area contributed by atoms with Gasteiger partial charge in [0, 0.05) is 13.1 Å². The van der Waals surface area contributed by atoms with Crippen LogP contribution in [0.25, 0.3) is 0 Å². The highest BCUT2D eigenvalue weighted by molar-refractivity contribution is 5.92. The van der Waals surface area contributed by atoms with Crippen LogP contribution >= 0.6 is 0 Å². The van der Waals surface area contributed by atoms with E-state index in [2.05, 4.69) is 0 Å². The van der Waals surface area contributed by atoms with E-state index >= 15 is 0 Å². The van der Waals surface area contributed by atoms with Crippen molar-refractivity contribution in [2.75, 3.05) is 14.2 Å². The van der Waals surface area contributed by atoms with Crippen molar-refractivity contribution in [3.05, 3.63) is 95.6 Å². The zero-order chi connectivity index (χ0) is 22.9. The van der Waals surface area contributed by atoms with E-state index in [1.54, 1.807) is 24.0 Å². The van der Waals surface area contributed by atoms with E-state index in [1.807, 2.05) is 60.7 Å². The topological polar surface area (TPSA) is 65.1 Å². The molecule has 3 aromatic carbocycles. The number of methoxy groups -OCH3 is 2. The summed E-state index contributed by atoms with van der Waals surface area (Å²) in [7, 11) is 3.01. The summed E-state index contributed by atoms with van der Waals surface area (Å²) in [6.07, 6.45) is -0.956. The molecule has 0 spiro atoms. The predicted octanol–water partition coefficient (Wildman–Crippen LogP) is 4.48. The molecule has 0 radical (unpaired) electrons. The Bertz CT molecular complexity index is 995. The van der Waals surface area contributed by atoms with E-state index in [9.17, 15) is 9.59 Å². The van der Waals surface area contributed by atoms with Gasteiger partial charge in [-0.25, -0.2) is 4.79 Å². The van der Waals surface area contributed by atoms with Crippen LogP contribution < -0.4 is 9.47 Å². The molecule has 1 amide bonds. The number of ether oxygens (including phenoxy) is 3. The molecule has 0 bridgehead atoms. The van der Waals surface area contributed by atoms with Crippen LogP contribution in [0.15, 0.2) is 78.9 Å². The highest BCUT2D eigenvalue weighted by Gasteiger charge is 2.25. The molecule has 3 rings (SSSR count). The highest BCUT2D eigenvalue weighted by Crippen LogP contribution is 2.28. The van der Waals surface area contributed by atoms with Gasteiger partial charge in [-0.05, 0) is 36.2 Å². The number of hydrogen-bond donors (Lipinski definition) is 0. The van der Waals surface area contributed by atoms with Crippen LogP contribution in [0, 0.1) is 0 Å². The quantitative estimate of drug-likeness (QED) is 0.466. The first-order valence-electron chi connectivity index (χ1n) is 10.3. The Hall–Kier alpha value is -3.80. The summed E-state index contributed by atoms with van der Waals surface area (Å²) in [5.74, 6) is 0.0403. The molecule has 0 aliphatic rings. The molecular formula is C26H27NO5. The van der Waals surface area contributed by atoms with Crippen molar-refractivity contribution < 1.29 is 23.8 Å². The Kier molecular flexibility index (Phi) is 7.86. The molecule has 0 saturated heterocycles. The van der Waals surface area contributed by atoms with Crippen molar-refractivity contribution in [3.63, 3.8) is 0 Å². The minimum Gasteiger partial charge on any atom is -0.493 e. The van der Waals surface area contributed by atoms with E-state index < -0.39 is 12.1 Å². The Morgan fingerprint density at radius 1 is 0.781 bits per heavy atom. The summed E-state index contributed by atoms with van der Waals surface area (Å²) in [6.45, 7) is 2.41. The van der Waals surface area contributed by atoms with Crippen molar-refractivity contribution in [2.45, 2.75) is 26.1 Å². The van der Waals surface area contributed by atoms with Gasteiger partial charge < -0.3 is 19.1 Å². The third kappa shape index (κ3) is 5.88. The van der Waals surface area contributed by atoms with Crippen molar-refractivity contribution >= 4 is 11.9 Å². The van der Waals surface area contributed by atoms with Crippen LogP contribution in [0.5, 0.6) is 11.5 Å². The molecule has 0 aliphatic carbocycles. The normalized spacial score (nSPS) is 11.3.